The van der Waals surface area contributed by atoms with Crippen molar-refractivity contribution in [2.75, 3.05) is 6.79 Å². The van der Waals surface area contributed by atoms with E-state index in [9.17, 15) is 9.59 Å². The van der Waals surface area contributed by atoms with Gasteiger partial charge in [-0.25, -0.2) is 4.79 Å². The lowest BCUT2D eigenvalue weighted by Gasteiger charge is -2.20. The van der Waals surface area contributed by atoms with Crippen LogP contribution >= 0.6 is 0 Å². The molecule has 0 unspecified atom stereocenters. The van der Waals surface area contributed by atoms with E-state index in [0.29, 0.717) is 12.8 Å². The third-order valence-corrected chi connectivity index (χ3v) is 3.47. The molecule has 100 valence electrons. The Kier molecular flexibility index (Phi) is 2.58. The predicted molar refractivity (Wildman–Crippen MR) is 66.0 cm³/mol. The molecule has 0 aliphatic carbocycles. The summed E-state index contributed by atoms with van der Waals surface area (Å²) in [5.41, 5.74) is 0.201. The van der Waals surface area contributed by atoms with Gasteiger partial charge in [0.25, 0.3) is 5.91 Å². The summed E-state index contributed by atoms with van der Waals surface area (Å²) in [7, 11) is 0. The highest BCUT2D eigenvalue weighted by molar-refractivity contribution is 6.06. The highest BCUT2D eigenvalue weighted by atomic mass is 16.7. The molecule has 19 heavy (non-hydrogen) atoms. The van der Waals surface area contributed by atoms with Crippen LogP contribution in [0.25, 0.3) is 0 Å². The van der Waals surface area contributed by atoms with Crippen LogP contribution in [0.1, 0.15) is 18.9 Å². The Labute approximate surface area is 110 Å². The zero-order valence-corrected chi connectivity index (χ0v) is 10.5. The van der Waals surface area contributed by atoms with Crippen LogP contribution < -0.4 is 20.1 Å². The van der Waals surface area contributed by atoms with Gasteiger partial charge in [-0.2, -0.15) is 0 Å². The average molecular weight is 262 g/mol. The summed E-state index contributed by atoms with van der Waals surface area (Å²) in [6.45, 7) is 1.97. The summed E-state index contributed by atoms with van der Waals surface area (Å²) in [4.78, 5) is 22.8. The quantitative estimate of drug-likeness (QED) is 0.795. The lowest BCUT2D eigenvalue weighted by Crippen LogP contribution is -2.43. The van der Waals surface area contributed by atoms with Crippen molar-refractivity contribution in [3.05, 3.63) is 23.8 Å². The number of amides is 3. The average Bonchev–Trinajstić information content (AvgIpc) is 2.92. The lowest BCUT2D eigenvalue weighted by atomic mass is 9.93. The van der Waals surface area contributed by atoms with Gasteiger partial charge in [-0.1, -0.05) is 6.07 Å². The van der Waals surface area contributed by atoms with Crippen LogP contribution in [0.5, 0.6) is 11.5 Å². The maximum Gasteiger partial charge on any atom is 0.322 e. The number of carbonyl (C=O) groups is 2. The summed E-state index contributed by atoms with van der Waals surface area (Å²) in [5, 5.41) is 4.90. The third kappa shape index (κ3) is 2.09. The molecule has 1 aromatic rings. The third-order valence-electron chi connectivity index (χ3n) is 3.47. The molecule has 1 saturated heterocycles. The minimum atomic E-state index is -0.840. The minimum absolute atomic E-state index is 0.245. The fourth-order valence-corrected chi connectivity index (χ4v) is 2.25. The Balaban J connectivity index is 1.69. The number of nitrogens with one attached hydrogen (secondary N) is 2. The standard InChI is InChI=1S/C13H14N2O4/c1-13(11(16)14-12(17)15-13)5-4-8-2-3-9-10(6-8)19-7-18-9/h2-3,6H,4-5,7H2,1H3,(H2,14,15,16,17)/t13-/m0/s1. The van der Waals surface area contributed by atoms with E-state index in [1.807, 2.05) is 18.2 Å². The molecule has 3 rings (SSSR count). The van der Waals surface area contributed by atoms with Crippen molar-refractivity contribution in [3.63, 3.8) is 0 Å². The molecule has 0 radical (unpaired) electrons. The molecule has 2 aliphatic rings. The van der Waals surface area contributed by atoms with Crippen LogP contribution in [-0.4, -0.2) is 24.3 Å². The van der Waals surface area contributed by atoms with Crippen molar-refractivity contribution >= 4 is 11.9 Å². The molecule has 2 aliphatic heterocycles. The monoisotopic (exact) mass is 262 g/mol. The Morgan fingerprint density at radius 1 is 1.26 bits per heavy atom. The second-order valence-corrected chi connectivity index (χ2v) is 4.93. The zero-order valence-electron chi connectivity index (χ0n) is 10.5. The van der Waals surface area contributed by atoms with Crippen molar-refractivity contribution in [3.8, 4) is 11.5 Å². The number of rotatable bonds is 3. The summed E-state index contributed by atoms with van der Waals surface area (Å²) in [5.74, 6) is 1.18. The topological polar surface area (TPSA) is 76.7 Å². The molecule has 0 saturated carbocycles. The van der Waals surface area contributed by atoms with E-state index in [1.165, 1.54) is 0 Å². The van der Waals surface area contributed by atoms with Crippen LogP contribution in [0.3, 0.4) is 0 Å². The summed E-state index contributed by atoms with van der Waals surface area (Å²) < 4.78 is 10.5. The number of carbonyl (C=O) groups excluding carboxylic acids is 2. The Morgan fingerprint density at radius 2 is 2.05 bits per heavy atom. The number of imide groups is 1. The van der Waals surface area contributed by atoms with Gasteiger partial charge in [0.15, 0.2) is 11.5 Å². The van der Waals surface area contributed by atoms with Crippen LogP contribution in [0.2, 0.25) is 0 Å². The van der Waals surface area contributed by atoms with Crippen LogP contribution in [0.4, 0.5) is 4.79 Å². The molecule has 1 atom stereocenters. The van der Waals surface area contributed by atoms with Gasteiger partial charge in [0.2, 0.25) is 6.79 Å². The van der Waals surface area contributed by atoms with E-state index in [0.717, 1.165) is 17.1 Å². The molecule has 0 spiro atoms. The SMILES string of the molecule is C[C@@]1(CCc2ccc3c(c2)OCO3)NC(=O)NC1=O. The van der Waals surface area contributed by atoms with Gasteiger partial charge < -0.3 is 14.8 Å². The molecule has 6 heteroatoms. The normalized spacial score (nSPS) is 24.3. The first-order valence-corrected chi connectivity index (χ1v) is 6.09. The Morgan fingerprint density at radius 3 is 2.79 bits per heavy atom. The predicted octanol–water partition coefficient (Wildman–Crippen LogP) is 0.946. The van der Waals surface area contributed by atoms with Crippen LogP contribution in [0, 0.1) is 0 Å². The lowest BCUT2D eigenvalue weighted by molar-refractivity contribution is -0.123. The molecular weight excluding hydrogens is 248 g/mol. The molecule has 2 heterocycles. The fourth-order valence-electron chi connectivity index (χ4n) is 2.25. The summed E-state index contributed by atoms with van der Waals surface area (Å²) in [6.07, 6.45) is 1.20. The molecule has 1 fully saturated rings. The van der Waals surface area contributed by atoms with E-state index < -0.39 is 11.6 Å². The highest BCUT2D eigenvalue weighted by Gasteiger charge is 2.41. The first kappa shape index (κ1) is 11.8. The van der Waals surface area contributed by atoms with E-state index >= 15 is 0 Å². The van der Waals surface area contributed by atoms with Gasteiger partial charge in [0.05, 0.1) is 0 Å². The maximum absolute atomic E-state index is 11.7. The molecule has 3 amide bonds. The van der Waals surface area contributed by atoms with Crippen molar-refractivity contribution in [2.24, 2.45) is 0 Å². The van der Waals surface area contributed by atoms with E-state index in [2.05, 4.69) is 10.6 Å². The number of benzene rings is 1. The van der Waals surface area contributed by atoms with E-state index in [-0.39, 0.29) is 12.7 Å². The number of fused-ring (bicyclic) bond motifs is 1. The Bertz CT molecular complexity index is 558. The van der Waals surface area contributed by atoms with Gasteiger partial charge in [-0.15, -0.1) is 0 Å². The van der Waals surface area contributed by atoms with Gasteiger partial charge in [-0.05, 0) is 37.5 Å². The Hall–Kier alpha value is -2.24. The first-order valence-electron chi connectivity index (χ1n) is 6.09. The number of ether oxygens (including phenoxy) is 2. The maximum atomic E-state index is 11.7. The van der Waals surface area contributed by atoms with Gasteiger partial charge >= 0.3 is 6.03 Å². The largest absolute Gasteiger partial charge is 0.454 e. The molecule has 0 bridgehead atoms. The fraction of sp³-hybridized carbons (Fsp3) is 0.385. The van der Waals surface area contributed by atoms with Crippen molar-refractivity contribution < 1.29 is 19.1 Å². The number of urea groups is 1. The molecule has 6 nitrogen and oxygen atoms in total. The molecule has 2 N–H and O–H groups in total. The molecule has 1 aromatic carbocycles. The van der Waals surface area contributed by atoms with Gasteiger partial charge in [-0.3, -0.25) is 10.1 Å². The van der Waals surface area contributed by atoms with Crippen LogP contribution in [-0.2, 0) is 11.2 Å². The van der Waals surface area contributed by atoms with Crippen molar-refractivity contribution in [2.45, 2.75) is 25.3 Å². The number of aryl methyl sites for hydroxylation is 1. The second kappa shape index (κ2) is 4.15. The molecule has 0 aromatic heterocycles. The zero-order chi connectivity index (χ0) is 13.5. The van der Waals surface area contributed by atoms with Crippen LogP contribution in [0.15, 0.2) is 18.2 Å². The van der Waals surface area contributed by atoms with E-state index in [4.69, 9.17) is 9.47 Å². The first-order chi connectivity index (χ1) is 9.07. The highest BCUT2D eigenvalue weighted by Crippen LogP contribution is 2.33. The van der Waals surface area contributed by atoms with Gasteiger partial charge in [0, 0.05) is 0 Å². The summed E-state index contributed by atoms with van der Waals surface area (Å²) >= 11 is 0. The minimum Gasteiger partial charge on any atom is -0.454 e. The van der Waals surface area contributed by atoms with Crippen molar-refractivity contribution in [1.82, 2.24) is 10.6 Å². The second-order valence-electron chi connectivity index (χ2n) is 4.93. The summed E-state index contributed by atoms with van der Waals surface area (Å²) in [6, 6.07) is 5.26. The number of hydrogen-bond acceptors (Lipinski definition) is 4. The van der Waals surface area contributed by atoms with Gasteiger partial charge in [0.1, 0.15) is 5.54 Å². The van der Waals surface area contributed by atoms with E-state index in [1.54, 1.807) is 6.92 Å². The number of hydrogen-bond donors (Lipinski definition) is 2. The smallest absolute Gasteiger partial charge is 0.322 e. The molecular formula is C13H14N2O4. The van der Waals surface area contributed by atoms with Crippen molar-refractivity contribution in [1.29, 1.82) is 0 Å².